The van der Waals surface area contributed by atoms with Crippen molar-refractivity contribution >= 4 is 17.3 Å². The van der Waals surface area contributed by atoms with Crippen LogP contribution in [-0.4, -0.2) is 11.5 Å². The van der Waals surface area contributed by atoms with Crippen LogP contribution >= 0.6 is 11.6 Å². The quantitative estimate of drug-likeness (QED) is 0.629. The molecule has 0 saturated heterocycles. The maximum Gasteiger partial charge on any atom is 0.132 e. The average Bonchev–Trinajstić information content (AvgIpc) is 2.97. The molecule has 0 fully saturated rings. The van der Waals surface area contributed by atoms with Gasteiger partial charge in [-0.1, -0.05) is 23.7 Å². The number of benzene rings is 2. The van der Waals surface area contributed by atoms with Gasteiger partial charge in [-0.15, -0.1) is 0 Å². The van der Waals surface area contributed by atoms with E-state index in [2.05, 4.69) is 28.9 Å². The van der Waals surface area contributed by atoms with E-state index in [1.165, 1.54) is 28.6 Å². The number of aromatic nitrogens is 1. The molecule has 1 N–H and O–H groups in total. The number of halogens is 2. The van der Waals surface area contributed by atoms with Gasteiger partial charge in [-0.2, -0.15) is 0 Å². The number of hydrogen-bond donors (Lipinski definition) is 1. The Balaban J connectivity index is 1.68. The minimum Gasteiger partial charge on any atom is -0.367 e. The molecule has 4 heteroatoms. The molecule has 3 aromatic rings. The van der Waals surface area contributed by atoms with Gasteiger partial charge < -0.3 is 9.88 Å². The number of anilines is 1. The molecule has 1 aromatic heterocycles. The summed E-state index contributed by atoms with van der Waals surface area (Å²) in [6.45, 7) is 5.79. The molecule has 0 radical (unpaired) electrons. The fraction of sp³-hybridized carbons (Fsp3) is 0.238. The minimum atomic E-state index is -0.177. The lowest BCUT2D eigenvalue weighted by molar-refractivity contribution is 0.629. The Labute approximate surface area is 152 Å². The zero-order chi connectivity index (χ0) is 17.6. The molecule has 0 unspecified atom stereocenters. The van der Waals surface area contributed by atoms with Gasteiger partial charge in [-0.3, -0.25) is 0 Å². The van der Waals surface area contributed by atoms with Gasteiger partial charge in [0.05, 0.1) is 0 Å². The number of fused-ring (bicyclic) bond motifs is 1. The van der Waals surface area contributed by atoms with Crippen molar-refractivity contribution in [2.75, 3.05) is 11.4 Å². The second-order valence-electron chi connectivity index (χ2n) is 6.72. The van der Waals surface area contributed by atoms with E-state index in [-0.39, 0.29) is 5.82 Å². The minimum absolute atomic E-state index is 0.177. The molecule has 1 aliphatic heterocycles. The number of nitrogens with one attached hydrogen (secondary N) is 1. The van der Waals surface area contributed by atoms with E-state index < -0.39 is 0 Å². The zero-order valence-corrected chi connectivity index (χ0v) is 15.1. The van der Waals surface area contributed by atoms with Crippen LogP contribution in [0.1, 0.15) is 22.4 Å². The van der Waals surface area contributed by atoms with Crippen molar-refractivity contribution in [3.05, 3.63) is 75.7 Å². The second-order valence-corrected chi connectivity index (χ2v) is 7.16. The highest BCUT2D eigenvalue weighted by Crippen LogP contribution is 2.33. The van der Waals surface area contributed by atoms with Crippen LogP contribution in [0.15, 0.2) is 42.5 Å². The van der Waals surface area contributed by atoms with Gasteiger partial charge in [0, 0.05) is 47.2 Å². The number of aromatic amines is 1. The molecule has 0 spiro atoms. The average molecular weight is 355 g/mol. The molecule has 0 bridgehead atoms. The summed E-state index contributed by atoms with van der Waals surface area (Å²) < 4.78 is 14.3. The van der Waals surface area contributed by atoms with E-state index in [0.717, 1.165) is 35.8 Å². The Kier molecular flexibility index (Phi) is 4.04. The molecule has 2 aromatic carbocycles. The van der Waals surface area contributed by atoms with Gasteiger partial charge in [-0.25, -0.2) is 4.39 Å². The summed E-state index contributed by atoms with van der Waals surface area (Å²) in [5, 5.41) is 0.762. The third-order valence-corrected chi connectivity index (χ3v) is 5.21. The molecule has 2 heterocycles. The van der Waals surface area contributed by atoms with Crippen molar-refractivity contribution in [3.63, 3.8) is 0 Å². The topological polar surface area (TPSA) is 19.0 Å². The summed E-state index contributed by atoms with van der Waals surface area (Å²) in [5.74, 6) is -0.177. The number of aryl methyl sites for hydroxylation is 2. The Morgan fingerprint density at radius 3 is 2.68 bits per heavy atom. The van der Waals surface area contributed by atoms with Crippen LogP contribution in [0, 0.1) is 19.7 Å². The van der Waals surface area contributed by atoms with Crippen molar-refractivity contribution in [1.82, 2.24) is 4.98 Å². The van der Waals surface area contributed by atoms with Crippen LogP contribution in [0.25, 0.3) is 11.3 Å². The Morgan fingerprint density at radius 2 is 1.92 bits per heavy atom. The predicted octanol–water partition coefficient (Wildman–Crippen LogP) is 5.65. The highest BCUT2D eigenvalue weighted by atomic mass is 35.5. The lowest BCUT2D eigenvalue weighted by atomic mass is 10.0. The third kappa shape index (κ3) is 2.93. The first-order chi connectivity index (χ1) is 12.0. The molecule has 0 aliphatic carbocycles. The molecule has 1 aliphatic rings. The summed E-state index contributed by atoms with van der Waals surface area (Å²) in [4.78, 5) is 5.80. The lowest BCUT2D eigenvalue weighted by Crippen LogP contribution is -2.30. The highest BCUT2D eigenvalue weighted by molar-refractivity contribution is 6.30. The number of H-pyrrole nitrogens is 1. The summed E-state index contributed by atoms with van der Waals surface area (Å²) >= 11 is 6.08. The van der Waals surface area contributed by atoms with Crippen LogP contribution in [0.2, 0.25) is 5.02 Å². The lowest BCUT2D eigenvalue weighted by Gasteiger charge is -2.30. The summed E-state index contributed by atoms with van der Waals surface area (Å²) in [6.07, 6.45) is 0.922. The van der Waals surface area contributed by atoms with E-state index >= 15 is 0 Å². The Hall–Kier alpha value is -2.26. The molecule has 128 valence electrons. The molecule has 0 amide bonds. The van der Waals surface area contributed by atoms with Gasteiger partial charge in [0.2, 0.25) is 0 Å². The predicted molar refractivity (Wildman–Crippen MR) is 102 cm³/mol. The molecule has 0 atom stereocenters. The molecular weight excluding hydrogens is 335 g/mol. The monoisotopic (exact) mass is 354 g/mol. The van der Waals surface area contributed by atoms with Gasteiger partial charge in [0.1, 0.15) is 5.82 Å². The van der Waals surface area contributed by atoms with Crippen LogP contribution in [0.5, 0.6) is 0 Å². The van der Waals surface area contributed by atoms with E-state index in [4.69, 9.17) is 11.6 Å². The number of hydrogen-bond acceptors (Lipinski definition) is 1. The molecule has 4 rings (SSSR count). The van der Waals surface area contributed by atoms with E-state index in [9.17, 15) is 4.39 Å². The normalized spacial score (nSPS) is 13.8. The molecule has 0 saturated carbocycles. The third-order valence-electron chi connectivity index (χ3n) is 4.98. The van der Waals surface area contributed by atoms with Crippen molar-refractivity contribution in [3.8, 4) is 11.3 Å². The first kappa shape index (κ1) is 16.2. The van der Waals surface area contributed by atoms with Gasteiger partial charge in [0.15, 0.2) is 0 Å². The maximum absolute atomic E-state index is 14.3. The highest BCUT2D eigenvalue weighted by Gasteiger charge is 2.22. The molecule has 2 nitrogen and oxygen atoms in total. The maximum atomic E-state index is 14.3. The van der Waals surface area contributed by atoms with E-state index in [1.807, 2.05) is 25.1 Å². The van der Waals surface area contributed by atoms with Crippen molar-refractivity contribution in [2.45, 2.75) is 26.8 Å². The van der Waals surface area contributed by atoms with Crippen LogP contribution in [0.4, 0.5) is 10.1 Å². The van der Waals surface area contributed by atoms with Gasteiger partial charge >= 0.3 is 0 Å². The number of rotatable bonds is 2. The van der Waals surface area contributed by atoms with Crippen molar-refractivity contribution in [2.24, 2.45) is 0 Å². The second kappa shape index (κ2) is 6.23. The fourth-order valence-corrected chi connectivity index (χ4v) is 3.95. The van der Waals surface area contributed by atoms with E-state index in [0.29, 0.717) is 5.56 Å². The summed E-state index contributed by atoms with van der Waals surface area (Å²) in [6, 6.07) is 13.3. The van der Waals surface area contributed by atoms with Gasteiger partial charge in [-0.05, 0) is 60.9 Å². The van der Waals surface area contributed by atoms with Crippen molar-refractivity contribution < 1.29 is 4.39 Å². The molecule has 25 heavy (non-hydrogen) atoms. The summed E-state index contributed by atoms with van der Waals surface area (Å²) in [5.41, 5.74) is 7.32. The van der Waals surface area contributed by atoms with Gasteiger partial charge in [0.25, 0.3) is 0 Å². The van der Waals surface area contributed by atoms with Crippen LogP contribution in [-0.2, 0) is 13.0 Å². The van der Waals surface area contributed by atoms with Crippen LogP contribution < -0.4 is 4.90 Å². The first-order valence-electron chi connectivity index (χ1n) is 8.50. The standard InChI is InChI=1S/C21H20ClFN2/c1-13-4-3-5-17(23)21(13)19-11-15-12-25(9-8-18(15)24-19)20-7-6-16(22)10-14(20)2/h3-7,10-11,24H,8-9,12H2,1-2H3. The fourth-order valence-electron chi connectivity index (χ4n) is 3.72. The smallest absolute Gasteiger partial charge is 0.132 e. The SMILES string of the molecule is Cc1cc(Cl)ccc1N1CCc2[nH]c(-c3c(C)cccc3F)cc2C1. The first-order valence-corrected chi connectivity index (χ1v) is 8.88. The zero-order valence-electron chi connectivity index (χ0n) is 14.4. The summed E-state index contributed by atoms with van der Waals surface area (Å²) in [7, 11) is 0. The number of nitrogens with zero attached hydrogens (tertiary/aromatic N) is 1. The van der Waals surface area contributed by atoms with Crippen LogP contribution in [0.3, 0.4) is 0 Å². The van der Waals surface area contributed by atoms with Crippen molar-refractivity contribution in [1.29, 1.82) is 0 Å². The largest absolute Gasteiger partial charge is 0.367 e. The Morgan fingerprint density at radius 1 is 1.08 bits per heavy atom. The van der Waals surface area contributed by atoms with E-state index in [1.54, 1.807) is 6.07 Å². The Bertz CT molecular complexity index is 925. The molecular formula is C21H20ClFN2.